The second-order valence-corrected chi connectivity index (χ2v) is 7.06. The Bertz CT molecular complexity index is 919. The highest BCUT2D eigenvalue weighted by atomic mass is 35.5. The number of aromatic nitrogens is 1. The summed E-state index contributed by atoms with van der Waals surface area (Å²) in [6.07, 6.45) is 1.63. The minimum Gasteiger partial charge on any atom is -0.497 e. The van der Waals surface area contributed by atoms with Crippen LogP contribution in [0.2, 0.25) is 10.0 Å². The van der Waals surface area contributed by atoms with E-state index in [-0.39, 0.29) is 0 Å². The number of nitrogens with one attached hydrogen (secondary N) is 1. The van der Waals surface area contributed by atoms with Gasteiger partial charge >= 0.3 is 0 Å². The number of hydrogen-bond acceptors (Lipinski definition) is 6. The SMILES string of the molecule is CCOc1c(Cl)cc(/C=N\Nc2nc(-c3ccc(OC)cc3)cs2)cc1Cl. The van der Waals surface area contributed by atoms with Gasteiger partial charge in [-0.3, -0.25) is 5.43 Å². The van der Waals surface area contributed by atoms with Crippen molar-refractivity contribution in [2.75, 3.05) is 19.1 Å². The topological polar surface area (TPSA) is 55.7 Å². The molecule has 0 radical (unpaired) electrons. The fourth-order valence-electron chi connectivity index (χ4n) is 2.32. The van der Waals surface area contributed by atoms with Crippen molar-refractivity contribution in [3.05, 3.63) is 57.4 Å². The van der Waals surface area contributed by atoms with Crippen LogP contribution in [-0.2, 0) is 0 Å². The van der Waals surface area contributed by atoms with Crippen LogP contribution in [0.5, 0.6) is 11.5 Å². The molecule has 0 bridgehead atoms. The largest absolute Gasteiger partial charge is 0.497 e. The number of thiazole rings is 1. The lowest BCUT2D eigenvalue weighted by atomic mass is 10.2. The van der Waals surface area contributed by atoms with Gasteiger partial charge in [0.15, 0.2) is 5.75 Å². The molecule has 1 aromatic heterocycles. The molecule has 0 aliphatic carbocycles. The molecular weight excluding hydrogens is 405 g/mol. The molecule has 3 aromatic rings. The average molecular weight is 422 g/mol. The van der Waals surface area contributed by atoms with Gasteiger partial charge < -0.3 is 9.47 Å². The molecule has 0 aliphatic rings. The van der Waals surface area contributed by atoms with E-state index in [9.17, 15) is 0 Å². The van der Waals surface area contributed by atoms with Crippen LogP contribution in [-0.4, -0.2) is 24.9 Å². The summed E-state index contributed by atoms with van der Waals surface area (Å²) in [5.41, 5.74) is 5.55. The predicted molar refractivity (Wildman–Crippen MR) is 113 cm³/mol. The summed E-state index contributed by atoms with van der Waals surface area (Å²) in [6, 6.07) is 11.2. The number of ether oxygens (including phenoxy) is 2. The maximum Gasteiger partial charge on any atom is 0.203 e. The van der Waals surface area contributed by atoms with E-state index in [4.69, 9.17) is 32.7 Å². The van der Waals surface area contributed by atoms with Crippen molar-refractivity contribution >= 4 is 45.9 Å². The van der Waals surface area contributed by atoms with Crippen molar-refractivity contribution in [1.82, 2.24) is 4.98 Å². The summed E-state index contributed by atoms with van der Waals surface area (Å²) in [4.78, 5) is 4.52. The van der Waals surface area contributed by atoms with E-state index in [2.05, 4.69) is 15.5 Å². The van der Waals surface area contributed by atoms with E-state index in [0.29, 0.717) is 27.5 Å². The van der Waals surface area contributed by atoms with E-state index >= 15 is 0 Å². The van der Waals surface area contributed by atoms with Crippen LogP contribution >= 0.6 is 34.5 Å². The number of rotatable bonds is 7. The van der Waals surface area contributed by atoms with Crippen molar-refractivity contribution in [2.24, 2.45) is 5.10 Å². The summed E-state index contributed by atoms with van der Waals surface area (Å²) < 4.78 is 10.6. The van der Waals surface area contributed by atoms with Crippen LogP contribution in [0.25, 0.3) is 11.3 Å². The molecule has 27 heavy (non-hydrogen) atoms. The smallest absolute Gasteiger partial charge is 0.203 e. The number of anilines is 1. The van der Waals surface area contributed by atoms with Gasteiger partial charge in [-0.1, -0.05) is 23.2 Å². The second kappa shape index (κ2) is 9.08. The molecule has 8 heteroatoms. The van der Waals surface area contributed by atoms with Crippen molar-refractivity contribution in [1.29, 1.82) is 0 Å². The van der Waals surface area contributed by atoms with Gasteiger partial charge in [0, 0.05) is 10.9 Å². The van der Waals surface area contributed by atoms with Gasteiger partial charge in [0.05, 0.1) is 35.7 Å². The average Bonchev–Trinajstić information content (AvgIpc) is 3.14. The molecule has 3 rings (SSSR count). The molecule has 0 atom stereocenters. The molecule has 0 saturated heterocycles. The summed E-state index contributed by atoms with van der Waals surface area (Å²) in [6.45, 7) is 2.37. The molecule has 0 amide bonds. The highest BCUT2D eigenvalue weighted by molar-refractivity contribution is 7.14. The lowest BCUT2D eigenvalue weighted by molar-refractivity contribution is 0.340. The third kappa shape index (κ3) is 4.91. The van der Waals surface area contributed by atoms with E-state index in [1.54, 1.807) is 25.5 Å². The first-order valence-corrected chi connectivity index (χ1v) is 9.75. The fourth-order valence-corrected chi connectivity index (χ4v) is 3.60. The number of hydrogen-bond donors (Lipinski definition) is 1. The Kier molecular flexibility index (Phi) is 6.55. The van der Waals surface area contributed by atoms with Crippen molar-refractivity contribution in [3.63, 3.8) is 0 Å². The predicted octanol–water partition coefficient (Wildman–Crippen LogP) is 5.97. The zero-order valence-corrected chi connectivity index (χ0v) is 17.0. The highest BCUT2D eigenvalue weighted by Gasteiger charge is 2.08. The van der Waals surface area contributed by atoms with Crippen LogP contribution in [0.3, 0.4) is 0 Å². The number of halogens is 2. The van der Waals surface area contributed by atoms with Crippen LogP contribution < -0.4 is 14.9 Å². The summed E-state index contributed by atoms with van der Waals surface area (Å²) >= 11 is 13.8. The Hall–Kier alpha value is -2.28. The quantitative estimate of drug-likeness (QED) is 0.377. The molecule has 0 fully saturated rings. The summed E-state index contributed by atoms with van der Waals surface area (Å²) in [5.74, 6) is 1.29. The van der Waals surface area contributed by atoms with Gasteiger partial charge in [0.2, 0.25) is 5.13 Å². The Morgan fingerprint density at radius 1 is 1.19 bits per heavy atom. The molecule has 1 N–H and O–H groups in total. The highest BCUT2D eigenvalue weighted by Crippen LogP contribution is 2.33. The second-order valence-electron chi connectivity index (χ2n) is 5.38. The van der Waals surface area contributed by atoms with Gasteiger partial charge in [0.25, 0.3) is 0 Å². The van der Waals surface area contributed by atoms with E-state index in [0.717, 1.165) is 22.6 Å². The van der Waals surface area contributed by atoms with Gasteiger partial charge in [-0.25, -0.2) is 4.98 Å². The fraction of sp³-hybridized carbons (Fsp3) is 0.158. The first-order valence-electron chi connectivity index (χ1n) is 8.11. The normalized spacial score (nSPS) is 11.0. The standard InChI is InChI=1S/C19H17Cl2N3O2S/c1-3-26-18-15(20)8-12(9-16(18)21)10-22-24-19-23-17(11-27-19)13-4-6-14(25-2)7-5-13/h4-11H,3H2,1-2H3,(H,23,24)/b22-10-. The lowest BCUT2D eigenvalue weighted by Crippen LogP contribution is -1.95. The molecule has 140 valence electrons. The Morgan fingerprint density at radius 2 is 1.89 bits per heavy atom. The third-order valence-electron chi connectivity index (χ3n) is 3.57. The van der Waals surface area contributed by atoms with E-state index in [1.807, 2.05) is 36.6 Å². The van der Waals surface area contributed by atoms with Gasteiger partial charge in [-0.2, -0.15) is 5.10 Å². The van der Waals surface area contributed by atoms with Crippen molar-refractivity contribution < 1.29 is 9.47 Å². The Labute approximate surface area is 171 Å². The molecule has 0 aliphatic heterocycles. The number of hydrazone groups is 1. The Balaban J connectivity index is 1.67. The monoisotopic (exact) mass is 421 g/mol. The molecule has 5 nitrogen and oxygen atoms in total. The molecule has 1 heterocycles. The van der Waals surface area contributed by atoms with E-state index < -0.39 is 0 Å². The van der Waals surface area contributed by atoms with Crippen molar-refractivity contribution in [2.45, 2.75) is 6.92 Å². The zero-order chi connectivity index (χ0) is 19.2. The van der Waals surface area contributed by atoms with Crippen molar-refractivity contribution in [3.8, 4) is 22.8 Å². The zero-order valence-electron chi connectivity index (χ0n) is 14.7. The molecule has 0 unspecified atom stereocenters. The maximum atomic E-state index is 6.19. The molecule has 0 spiro atoms. The van der Waals surface area contributed by atoms with Gasteiger partial charge in [-0.15, -0.1) is 11.3 Å². The summed E-state index contributed by atoms with van der Waals surface area (Å²) in [5, 5.41) is 7.73. The number of methoxy groups -OCH3 is 1. The summed E-state index contributed by atoms with van der Waals surface area (Å²) in [7, 11) is 1.64. The molecule has 0 saturated carbocycles. The van der Waals surface area contributed by atoms with Gasteiger partial charge in [-0.05, 0) is 48.9 Å². The lowest BCUT2D eigenvalue weighted by Gasteiger charge is -2.08. The minimum absolute atomic E-state index is 0.446. The maximum absolute atomic E-state index is 6.19. The van der Waals surface area contributed by atoms with Crippen LogP contribution in [0.15, 0.2) is 46.9 Å². The van der Waals surface area contributed by atoms with Crippen LogP contribution in [0.1, 0.15) is 12.5 Å². The number of benzene rings is 2. The van der Waals surface area contributed by atoms with Gasteiger partial charge in [0.1, 0.15) is 5.75 Å². The third-order valence-corrected chi connectivity index (χ3v) is 4.88. The van der Waals surface area contributed by atoms with Crippen LogP contribution in [0.4, 0.5) is 5.13 Å². The Morgan fingerprint density at radius 3 is 2.52 bits per heavy atom. The van der Waals surface area contributed by atoms with Crippen LogP contribution in [0, 0.1) is 0 Å². The molecule has 2 aromatic carbocycles. The first kappa shape index (κ1) is 19.5. The first-order chi connectivity index (χ1) is 13.1. The molecular formula is C19H17Cl2N3O2S. The number of nitrogens with zero attached hydrogens (tertiary/aromatic N) is 2. The minimum atomic E-state index is 0.446. The van der Waals surface area contributed by atoms with E-state index in [1.165, 1.54) is 11.3 Å².